The van der Waals surface area contributed by atoms with Gasteiger partial charge in [-0.15, -0.1) is 0 Å². The fourth-order valence-corrected chi connectivity index (χ4v) is 1.98. The summed E-state index contributed by atoms with van der Waals surface area (Å²) in [5.74, 6) is 0.221. The van der Waals surface area contributed by atoms with Crippen LogP contribution < -0.4 is 10.6 Å². The van der Waals surface area contributed by atoms with E-state index >= 15 is 0 Å². The van der Waals surface area contributed by atoms with Gasteiger partial charge in [-0.2, -0.15) is 0 Å². The van der Waals surface area contributed by atoms with Crippen molar-refractivity contribution >= 4 is 23.1 Å². The molecule has 0 aliphatic rings. The quantitative estimate of drug-likeness (QED) is 0.530. The number of nitrogens with zero attached hydrogens (tertiary/aromatic N) is 2. The molecule has 2 rings (SSSR count). The van der Waals surface area contributed by atoms with Crippen LogP contribution in [0.25, 0.3) is 0 Å². The number of hydrogen-bond acceptors (Lipinski definition) is 6. The van der Waals surface area contributed by atoms with Gasteiger partial charge in [-0.3, -0.25) is 14.9 Å². The van der Waals surface area contributed by atoms with Gasteiger partial charge < -0.3 is 15.7 Å². The van der Waals surface area contributed by atoms with Crippen LogP contribution in [-0.2, 0) is 0 Å². The molecule has 0 saturated carbocycles. The van der Waals surface area contributed by atoms with E-state index in [0.717, 1.165) is 6.42 Å². The zero-order valence-electron chi connectivity index (χ0n) is 13.1. The molecule has 126 valence electrons. The van der Waals surface area contributed by atoms with Crippen molar-refractivity contribution in [2.75, 3.05) is 17.2 Å². The Morgan fingerprint density at radius 1 is 1.29 bits per heavy atom. The summed E-state index contributed by atoms with van der Waals surface area (Å²) in [5.41, 5.74) is 0.744. The van der Waals surface area contributed by atoms with Crippen molar-refractivity contribution in [3.05, 3.63) is 58.3 Å². The van der Waals surface area contributed by atoms with Crippen molar-refractivity contribution in [1.82, 2.24) is 4.98 Å². The van der Waals surface area contributed by atoms with E-state index in [2.05, 4.69) is 15.6 Å². The van der Waals surface area contributed by atoms with Gasteiger partial charge in [0.1, 0.15) is 5.82 Å². The van der Waals surface area contributed by atoms with Crippen molar-refractivity contribution in [2.45, 2.75) is 19.4 Å². The monoisotopic (exact) mass is 330 g/mol. The largest absolute Gasteiger partial charge is 0.394 e. The Morgan fingerprint density at radius 3 is 2.50 bits per heavy atom. The molecule has 8 heteroatoms. The van der Waals surface area contributed by atoms with Crippen molar-refractivity contribution < 1.29 is 14.8 Å². The summed E-state index contributed by atoms with van der Waals surface area (Å²) >= 11 is 0. The maximum atomic E-state index is 12.1. The molecular weight excluding hydrogens is 312 g/mol. The predicted octanol–water partition coefficient (Wildman–Crippen LogP) is 2.42. The number of aliphatic hydroxyl groups is 1. The van der Waals surface area contributed by atoms with Crippen LogP contribution in [0.5, 0.6) is 0 Å². The van der Waals surface area contributed by atoms with Crippen molar-refractivity contribution in [3.8, 4) is 0 Å². The third-order valence-corrected chi connectivity index (χ3v) is 3.43. The topological polar surface area (TPSA) is 117 Å². The average molecular weight is 330 g/mol. The van der Waals surface area contributed by atoms with E-state index in [1.54, 1.807) is 12.1 Å². The number of aliphatic hydroxyl groups excluding tert-OH is 1. The number of carbonyl (C=O) groups is 1. The fraction of sp³-hybridized carbons (Fsp3) is 0.250. The van der Waals surface area contributed by atoms with E-state index in [4.69, 9.17) is 5.11 Å². The molecule has 1 heterocycles. The van der Waals surface area contributed by atoms with E-state index < -0.39 is 4.92 Å². The van der Waals surface area contributed by atoms with Gasteiger partial charge in [0.05, 0.1) is 29.5 Å². The molecule has 2 aromatic rings. The summed E-state index contributed by atoms with van der Waals surface area (Å²) in [6, 6.07) is 8.65. The molecular formula is C16H18N4O4. The lowest BCUT2D eigenvalue weighted by atomic mass is 10.2. The smallest absolute Gasteiger partial charge is 0.269 e. The number of rotatable bonds is 7. The Kier molecular flexibility index (Phi) is 5.80. The maximum Gasteiger partial charge on any atom is 0.269 e. The van der Waals surface area contributed by atoms with Gasteiger partial charge in [0.15, 0.2) is 0 Å². The second kappa shape index (κ2) is 8.02. The lowest BCUT2D eigenvalue weighted by Crippen LogP contribution is -2.23. The molecule has 0 aliphatic heterocycles. The first-order valence-corrected chi connectivity index (χ1v) is 7.42. The summed E-state index contributed by atoms with van der Waals surface area (Å²) in [5, 5.41) is 25.5. The molecule has 0 aliphatic carbocycles. The Bertz CT molecular complexity index is 697. The van der Waals surface area contributed by atoms with Gasteiger partial charge in [0, 0.05) is 17.7 Å². The third kappa shape index (κ3) is 4.50. The number of anilines is 2. The third-order valence-electron chi connectivity index (χ3n) is 3.43. The Balaban J connectivity index is 2.00. The van der Waals surface area contributed by atoms with Crippen LogP contribution in [0.3, 0.4) is 0 Å². The number of nitro groups is 1. The Labute approximate surface area is 138 Å². The number of carbonyl (C=O) groups excluding carboxylic acids is 1. The fourth-order valence-electron chi connectivity index (χ4n) is 1.98. The molecule has 1 aromatic carbocycles. The van der Waals surface area contributed by atoms with Gasteiger partial charge in [-0.05, 0) is 30.7 Å². The number of benzene rings is 1. The minimum atomic E-state index is -0.521. The summed E-state index contributed by atoms with van der Waals surface area (Å²) in [7, 11) is 0. The van der Waals surface area contributed by atoms with Crippen LogP contribution in [0.15, 0.2) is 42.6 Å². The number of hydrogen-bond donors (Lipinski definition) is 3. The van der Waals surface area contributed by atoms with Crippen molar-refractivity contribution in [1.29, 1.82) is 0 Å². The van der Waals surface area contributed by atoms with Crippen LogP contribution in [0.1, 0.15) is 23.7 Å². The minimum absolute atomic E-state index is 0.0107. The molecule has 0 spiro atoms. The van der Waals surface area contributed by atoms with Gasteiger partial charge in [-0.25, -0.2) is 4.98 Å². The van der Waals surface area contributed by atoms with Crippen LogP contribution in [0.2, 0.25) is 0 Å². The number of nitro benzene ring substituents is 1. The number of aromatic nitrogens is 1. The first-order valence-electron chi connectivity index (χ1n) is 7.42. The van der Waals surface area contributed by atoms with E-state index in [0.29, 0.717) is 17.1 Å². The zero-order chi connectivity index (χ0) is 17.5. The molecule has 3 N–H and O–H groups in total. The molecule has 1 aromatic heterocycles. The van der Waals surface area contributed by atoms with Crippen molar-refractivity contribution in [3.63, 3.8) is 0 Å². The highest BCUT2D eigenvalue weighted by molar-refractivity contribution is 6.04. The molecule has 24 heavy (non-hydrogen) atoms. The number of pyridine rings is 1. The maximum absolute atomic E-state index is 12.1. The van der Waals surface area contributed by atoms with E-state index in [9.17, 15) is 14.9 Å². The first kappa shape index (κ1) is 17.4. The van der Waals surface area contributed by atoms with Crippen LogP contribution in [0.4, 0.5) is 17.2 Å². The molecule has 8 nitrogen and oxygen atoms in total. The molecule has 0 fully saturated rings. The van der Waals surface area contributed by atoms with Crippen LogP contribution in [0, 0.1) is 10.1 Å². The van der Waals surface area contributed by atoms with E-state index in [-0.39, 0.29) is 24.2 Å². The summed E-state index contributed by atoms with van der Waals surface area (Å²) in [6.45, 7) is 1.96. The van der Waals surface area contributed by atoms with Gasteiger partial charge in [0.25, 0.3) is 11.6 Å². The van der Waals surface area contributed by atoms with Crippen LogP contribution in [-0.4, -0.2) is 33.6 Å². The highest BCUT2D eigenvalue weighted by atomic mass is 16.6. The zero-order valence-corrected chi connectivity index (χ0v) is 13.1. The lowest BCUT2D eigenvalue weighted by molar-refractivity contribution is -0.384. The summed E-state index contributed by atoms with van der Waals surface area (Å²) < 4.78 is 0. The normalized spacial score (nSPS) is 11.6. The number of non-ortho nitro benzene ring substituents is 1. The number of amides is 1. The second-order valence-corrected chi connectivity index (χ2v) is 5.12. The SMILES string of the molecule is CCC(CO)Nc1ccc(NC(=O)c2ccc([N+](=O)[O-])cc2)cn1. The highest BCUT2D eigenvalue weighted by Crippen LogP contribution is 2.15. The molecule has 0 bridgehead atoms. The summed E-state index contributed by atoms with van der Waals surface area (Å²) in [4.78, 5) is 26.3. The molecule has 0 radical (unpaired) electrons. The Morgan fingerprint density at radius 2 is 2.00 bits per heavy atom. The Hall–Kier alpha value is -3.00. The van der Waals surface area contributed by atoms with E-state index in [1.165, 1.54) is 30.5 Å². The summed E-state index contributed by atoms with van der Waals surface area (Å²) in [6.07, 6.45) is 2.26. The highest BCUT2D eigenvalue weighted by Gasteiger charge is 2.10. The molecule has 1 unspecified atom stereocenters. The molecule has 1 amide bonds. The van der Waals surface area contributed by atoms with Gasteiger partial charge >= 0.3 is 0 Å². The first-order chi connectivity index (χ1) is 11.5. The standard InChI is InChI=1S/C16H18N4O4/c1-2-12(10-21)18-15-8-5-13(9-17-15)19-16(22)11-3-6-14(7-4-11)20(23)24/h3-9,12,21H,2,10H2,1H3,(H,17,18)(H,19,22). The molecule has 1 atom stereocenters. The lowest BCUT2D eigenvalue weighted by Gasteiger charge is -2.14. The average Bonchev–Trinajstić information content (AvgIpc) is 2.61. The minimum Gasteiger partial charge on any atom is -0.394 e. The van der Waals surface area contributed by atoms with Gasteiger partial charge in [-0.1, -0.05) is 6.92 Å². The van der Waals surface area contributed by atoms with E-state index in [1.807, 2.05) is 6.92 Å². The van der Waals surface area contributed by atoms with Crippen molar-refractivity contribution in [2.24, 2.45) is 0 Å². The molecule has 0 saturated heterocycles. The predicted molar refractivity (Wildman–Crippen MR) is 90.1 cm³/mol. The van der Waals surface area contributed by atoms with Crippen LogP contribution >= 0.6 is 0 Å². The number of nitrogens with one attached hydrogen (secondary N) is 2. The van der Waals surface area contributed by atoms with Gasteiger partial charge in [0.2, 0.25) is 0 Å². The second-order valence-electron chi connectivity index (χ2n) is 5.12.